The van der Waals surface area contributed by atoms with Crippen molar-refractivity contribution >= 4 is 16.3 Å². The summed E-state index contributed by atoms with van der Waals surface area (Å²) in [5.74, 6) is 0.120. The summed E-state index contributed by atoms with van der Waals surface area (Å²) in [6.45, 7) is 4.43. The van der Waals surface area contributed by atoms with Crippen LogP contribution in [0.5, 0.6) is 0 Å². The SMILES string of the molecule is CCCC(=O)NCC[NH2+]CCO.COS(=O)(=O)[O-]. The molecule has 0 aliphatic heterocycles. The standard InChI is InChI=1S/C8H18N2O2.CH4O4S/c1-2-3-8(12)10-5-4-9-6-7-11;1-5-6(2,3)4/h9,11H,2-7H2,1H3,(H,10,12);1H3,(H,2,3,4). The van der Waals surface area contributed by atoms with Crippen LogP contribution in [0.2, 0.25) is 0 Å². The number of hydrogen-bond acceptors (Lipinski definition) is 6. The first-order valence-electron chi connectivity index (χ1n) is 5.58. The van der Waals surface area contributed by atoms with Crippen LogP contribution >= 0.6 is 0 Å². The van der Waals surface area contributed by atoms with Crippen LogP contribution in [0.25, 0.3) is 0 Å². The highest BCUT2D eigenvalue weighted by Gasteiger charge is 1.97. The Hall–Kier alpha value is -0.740. The van der Waals surface area contributed by atoms with E-state index < -0.39 is 10.4 Å². The van der Waals surface area contributed by atoms with Gasteiger partial charge < -0.3 is 20.3 Å². The highest BCUT2D eigenvalue weighted by atomic mass is 32.3. The number of quaternary nitrogens is 1. The van der Waals surface area contributed by atoms with E-state index in [-0.39, 0.29) is 12.5 Å². The molecular weight excluding hydrogens is 264 g/mol. The maximum absolute atomic E-state index is 10.9. The summed E-state index contributed by atoms with van der Waals surface area (Å²) < 4.78 is 31.0. The zero-order chi connectivity index (χ0) is 14.4. The second kappa shape index (κ2) is 12.7. The van der Waals surface area contributed by atoms with E-state index in [1.165, 1.54) is 0 Å². The van der Waals surface area contributed by atoms with Crippen LogP contribution in [0.1, 0.15) is 19.8 Å². The first kappa shape index (κ1) is 19.6. The van der Waals surface area contributed by atoms with Crippen molar-refractivity contribution in [1.29, 1.82) is 0 Å². The Bertz CT molecular complexity index is 293. The van der Waals surface area contributed by atoms with Gasteiger partial charge in [0.15, 0.2) is 0 Å². The maximum atomic E-state index is 10.9. The fraction of sp³-hybridized carbons (Fsp3) is 0.889. The van der Waals surface area contributed by atoms with E-state index in [0.717, 1.165) is 20.1 Å². The van der Waals surface area contributed by atoms with Crippen molar-refractivity contribution in [2.24, 2.45) is 0 Å². The number of hydrogen-bond donors (Lipinski definition) is 3. The molecule has 18 heavy (non-hydrogen) atoms. The predicted octanol–water partition coefficient (Wildman–Crippen LogP) is -2.45. The summed E-state index contributed by atoms with van der Waals surface area (Å²) in [5, 5.41) is 13.2. The number of carbonyl (C=O) groups excluding carboxylic acids is 1. The van der Waals surface area contributed by atoms with E-state index in [1.807, 2.05) is 12.2 Å². The number of rotatable bonds is 8. The minimum atomic E-state index is -4.41. The fourth-order valence-corrected chi connectivity index (χ4v) is 0.865. The zero-order valence-electron chi connectivity index (χ0n) is 10.7. The monoisotopic (exact) mass is 286 g/mol. The smallest absolute Gasteiger partial charge is 0.220 e. The van der Waals surface area contributed by atoms with E-state index in [4.69, 9.17) is 5.11 Å². The minimum Gasteiger partial charge on any atom is -0.726 e. The van der Waals surface area contributed by atoms with Crippen LogP contribution in [-0.2, 0) is 19.4 Å². The highest BCUT2D eigenvalue weighted by molar-refractivity contribution is 7.80. The van der Waals surface area contributed by atoms with Gasteiger partial charge in [-0.05, 0) is 6.42 Å². The Morgan fingerprint density at radius 3 is 2.39 bits per heavy atom. The average molecular weight is 286 g/mol. The first-order chi connectivity index (χ1) is 8.37. The van der Waals surface area contributed by atoms with Crippen molar-refractivity contribution in [3.05, 3.63) is 0 Å². The largest absolute Gasteiger partial charge is 0.726 e. The molecule has 0 aromatic rings. The molecule has 110 valence electrons. The van der Waals surface area contributed by atoms with Gasteiger partial charge in [0.2, 0.25) is 16.3 Å². The third-order valence-corrected chi connectivity index (χ3v) is 2.09. The van der Waals surface area contributed by atoms with Gasteiger partial charge in [-0.3, -0.25) is 8.98 Å². The first-order valence-corrected chi connectivity index (χ1v) is 6.91. The summed E-state index contributed by atoms with van der Waals surface area (Å²) in [7, 11) is -3.60. The van der Waals surface area contributed by atoms with Crippen LogP contribution in [0.4, 0.5) is 0 Å². The molecule has 0 saturated heterocycles. The number of aliphatic hydroxyl groups is 1. The van der Waals surface area contributed by atoms with Gasteiger partial charge in [0.05, 0.1) is 33.4 Å². The molecule has 0 saturated carbocycles. The molecule has 9 heteroatoms. The van der Waals surface area contributed by atoms with E-state index in [0.29, 0.717) is 19.5 Å². The van der Waals surface area contributed by atoms with Gasteiger partial charge in [0, 0.05) is 6.42 Å². The molecule has 0 bridgehead atoms. The third kappa shape index (κ3) is 20.6. The van der Waals surface area contributed by atoms with Crippen LogP contribution in [-0.4, -0.2) is 57.3 Å². The van der Waals surface area contributed by atoms with E-state index in [9.17, 15) is 17.8 Å². The summed E-state index contributed by atoms with van der Waals surface area (Å²) >= 11 is 0. The molecule has 0 radical (unpaired) electrons. The van der Waals surface area contributed by atoms with Crippen LogP contribution in [0.3, 0.4) is 0 Å². The molecule has 0 rings (SSSR count). The number of carbonyl (C=O) groups is 1. The molecule has 1 amide bonds. The number of amides is 1. The summed E-state index contributed by atoms with van der Waals surface area (Å²) in [6.07, 6.45) is 1.51. The molecule has 0 unspecified atom stereocenters. The Morgan fingerprint density at radius 2 is 2.00 bits per heavy atom. The van der Waals surface area contributed by atoms with Crippen molar-refractivity contribution in [1.82, 2.24) is 5.32 Å². The Balaban J connectivity index is 0. The highest BCUT2D eigenvalue weighted by Crippen LogP contribution is 1.83. The van der Waals surface area contributed by atoms with E-state index >= 15 is 0 Å². The molecule has 0 heterocycles. The van der Waals surface area contributed by atoms with Crippen LogP contribution in [0.15, 0.2) is 0 Å². The average Bonchev–Trinajstić information content (AvgIpc) is 2.29. The van der Waals surface area contributed by atoms with Crippen LogP contribution < -0.4 is 10.6 Å². The Labute approximate surface area is 108 Å². The van der Waals surface area contributed by atoms with Crippen molar-refractivity contribution in [3.63, 3.8) is 0 Å². The lowest BCUT2D eigenvalue weighted by Crippen LogP contribution is -2.86. The number of nitrogens with two attached hydrogens (primary N) is 1. The number of aliphatic hydroxyl groups excluding tert-OH is 1. The summed E-state index contributed by atoms with van der Waals surface area (Å²) in [5.41, 5.74) is 0. The molecule has 0 atom stereocenters. The Morgan fingerprint density at radius 1 is 1.44 bits per heavy atom. The molecule has 0 aliphatic rings. The van der Waals surface area contributed by atoms with Crippen molar-refractivity contribution < 1.29 is 32.4 Å². The van der Waals surface area contributed by atoms with Gasteiger partial charge in [-0.15, -0.1) is 0 Å². The summed E-state index contributed by atoms with van der Waals surface area (Å²) in [6, 6.07) is 0. The molecule has 0 spiro atoms. The van der Waals surface area contributed by atoms with Crippen molar-refractivity contribution in [2.45, 2.75) is 19.8 Å². The van der Waals surface area contributed by atoms with E-state index in [2.05, 4.69) is 9.50 Å². The summed E-state index contributed by atoms with van der Waals surface area (Å²) in [4.78, 5) is 10.9. The quantitative estimate of drug-likeness (QED) is 0.258. The molecule has 8 nitrogen and oxygen atoms in total. The second-order valence-electron chi connectivity index (χ2n) is 3.26. The molecule has 0 aliphatic carbocycles. The van der Waals surface area contributed by atoms with Crippen molar-refractivity contribution in [3.8, 4) is 0 Å². The number of nitrogens with one attached hydrogen (secondary N) is 1. The van der Waals surface area contributed by atoms with Gasteiger partial charge in [-0.1, -0.05) is 6.92 Å². The normalized spacial score (nSPS) is 10.4. The minimum absolute atomic E-state index is 0.120. The third-order valence-electron chi connectivity index (χ3n) is 1.69. The topological polar surface area (TPSA) is 132 Å². The van der Waals surface area contributed by atoms with Crippen molar-refractivity contribution in [2.75, 3.05) is 33.4 Å². The molecule has 4 N–H and O–H groups in total. The van der Waals surface area contributed by atoms with Crippen LogP contribution in [0, 0.1) is 0 Å². The zero-order valence-corrected chi connectivity index (χ0v) is 11.5. The lowest BCUT2D eigenvalue weighted by Gasteiger charge is -2.02. The maximum Gasteiger partial charge on any atom is 0.220 e. The molecular formula is C9H22N2O6S. The molecule has 0 aromatic carbocycles. The van der Waals surface area contributed by atoms with Gasteiger partial charge in [0.1, 0.15) is 0 Å². The molecule has 0 aromatic heterocycles. The Kier molecular flexibility index (Phi) is 13.8. The van der Waals surface area contributed by atoms with Gasteiger partial charge in [0.25, 0.3) is 0 Å². The lowest BCUT2D eigenvalue weighted by atomic mass is 10.3. The second-order valence-corrected chi connectivity index (χ2v) is 4.41. The lowest BCUT2D eigenvalue weighted by molar-refractivity contribution is -0.654. The predicted molar refractivity (Wildman–Crippen MR) is 63.4 cm³/mol. The van der Waals surface area contributed by atoms with Gasteiger partial charge in [-0.25, -0.2) is 8.42 Å². The van der Waals surface area contributed by atoms with E-state index in [1.54, 1.807) is 0 Å². The van der Waals surface area contributed by atoms with Gasteiger partial charge >= 0.3 is 0 Å². The fourth-order valence-electron chi connectivity index (χ4n) is 0.865. The molecule has 0 fully saturated rings. The van der Waals surface area contributed by atoms with Gasteiger partial charge in [-0.2, -0.15) is 0 Å².